The second kappa shape index (κ2) is 8.85. The highest BCUT2D eigenvalue weighted by molar-refractivity contribution is 7.91. The topological polar surface area (TPSA) is 96.3 Å². The SMILES string of the molecule is COc1ccc(S(=O)(=O)C[C@@H](C)CC#N)cc1C(=O)Nc1ccc(F)c(C)c1. The molecule has 0 saturated carbocycles. The van der Waals surface area contributed by atoms with E-state index in [-0.39, 0.29) is 34.3 Å². The van der Waals surface area contributed by atoms with E-state index in [1.54, 1.807) is 13.8 Å². The van der Waals surface area contributed by atoms with Crippen LogP contribution < -0.4 is 10.1 Å². The van der Waals surface area contributed by atoms with Gasteiger partial charge in [-0.3, -0.25) is 4.79 Å². The first-order valence-electron chi connectivity index (χ1n) is 8.53. The molecule has 0 unspecified atom stereocenters. The van der Waals surface area contributed by atoms with Gasteiger partial charge in [-0.05, 0) is 54.8 Å². The normalized spacial score (nSPS) is 12.1. The van der Waals surface area contributed by atoms with Gasteiger partial charge in [-0.2, -0.15) is 5.26 Å². The molecule has 0 fully saturated rings. The second-order valence-electron chi connectivity index (χ2n) is 6.53. The number of nitrogens with zero attached hydrogens (tertiary/aromatic N) is 1. The molecule has 0 saturated heterocycles. The summed E-state index contributed by atoms with van der Waals surface area (Å²) < 4.78 is 43.8. The summed E-state index contributed by atoms with van der Waals surface area (Å²) in [6.45, 7) is 3.25. The third kappa shape index (κ3) is 5.08. The minimum atomic E-state index is -3.68. The Balaban J connectivity index is 2.35. The molecule has 2 aromatic rings. The lowest BCUT2D eigenvalue weighted by Gasteiger charge is -2.13. The highest BCUT2D eigenvalue weighted by Crippen LogP contribution is 2.26. The van der Waals surface area contributed by atoms with E-state index < -0.39 is 21.6 Å². The fourth-order valence-electron chi connectivity index (χ4n) is 2.66. The van der Waals surface area contributed by atoms with Crippen molar-refractivity contribution in [1.82, 2.24) is 0 Å². The van der Waals surface area contributed by atoms with Gasteiger partial charge >= 0.3 is 0 Å². The van der Waals surface area contributed by atoms with Crippen molar-refractivity contribution in [2.45, 2.75) is 25.2 Å². The summed E-state index contributed by atoms with van der Waals surface area (Å²) in [5.41, 5.74) is 0.785. The Morgan fingerprint density at radius 3 is 2.61 bits per heavy atom. The summed E-state index contributed by atoms with van der Waals surface area (Å²) in [7, 11) is -2.31. The van der Waals surface area contributed by atoms with Crippen molar-refractivity contribution in [3.05, 3.63) is 53.3 Å². The number of sulfone groups is 1. The first-order valence-corrected chi connectivity index (χ1v) is 10.2. The van der Waals surface area contributed by atoms with Crippen LogP contribution in [0.5, 0.6) is 5.75 Å². The number of benzene rings is 2. The minimum Gasteiger partial charge on any atom is -0.496 e. The van der Waals surface area contributed by atoms with Crippen LogP contribution in [-0.4, -0.2) is 27.2 Å². The molecular weight excluding hydrogens is 383 g/mol. The Kier molecular flexibility index (Phi) is 6.75. The number of nitriles is 1. The summed E-state index contributed by atoms with van der Waals surface area (Å²) in [6, 6.07) is 10.1. The number of carbonyl (C=O) groups is 1. The van der Waals surface area contributed by atoms with Gasteiger partial charge in [-0.25, -0.2) is 12.8 Å². The number of hydrogen-bond acceptors (Lipinski definition) is 5. The molecule has 0 aromatic heterocycles. The van der Waals surface area contributed by atoms with Crippen molar-refractivity contribution >= 4 is 21.4 Å². The maximum absolute atomic E-state index is 13.4. The molecule has 148 valence electrons. The lowest BCUT2D eigenvalue weighted by atomic mass is 10.1. The van der Waals surface area contributed by atoms with Gasteiger partial charge < -0.3 is 10.1 Å². The van der Waals surface area contributed by atoms with Crippen molar-refractivity contribution in [2.75, 3.05) is 18.2 Å². The molecule has 2 aromatic carbocycles. The highest BCUT2D eigenvalue weighted by Gasteiger charge is 2.22. The standard InChI is InChI=1S/C20H21FN2O4S/c1-13(8-9-22)12-28(25,26)16-5-7-19(27-3)17(11-16)20(24)23-15-4-6-18(21)14(2)10-15/h4-7,10-11,13H,8,12H2,1-3H3,(H,23,24)/t13-/m0/s1. The first kappa shape index (κ1) is 21.4. The van der Waals surface area contributed by atoms with Gasteiger partial charge in [0.1, 0.15) is 11.6 Å². The average Bonchev–Trinajstić information content (AvgIpc) is 2.63. The van der Waals surface area contributed by atoms with E-state index in [0.29, 0.717) is 11.3 Å². The average molecular weight is 404 g/mol. The molecule has 1 atom stereocenters. The predicted molar refractivity (Wildman–Crippen MR) is 104 cm³/mol. The summed E-state index contributed by atoms with van der Waals surface area (Å²) in [5.74, 6) is -1.30. The van der Waals surface area contributed by atoms with E-state index >= 15 is 0 Å². The molecule has 6 nitrogen and oxygen atoms in total. The van der Waals surface area contributed by atoms with Crippen LogP contribution in [0.25, 0.3) is 0 Å². The van der Waals surface area contributed by atoms with E-state index in [1.807, 2.05) is 6.07 Å². The first-order chi connectivity index (χ1) is 13.2. The van der Waals surface area contributed by atoms with Gasteiger partial charge in [0, 0.05) is 12.1 Å². The zero-order valence-electron chi connectivity index (χ0n) is 15.8. The lowest BCUT2D eigenvalue weighted by molar-refractivity contribution is 0.102. The Morgan fingerprint density at radius 1 is 1.29 bits per heavy atom. The number of anilines is 1. The maximum atomic E-state index is 13.4. The number of nitrogens with one attached hydrogen (secondary N) is 1. The van der Waals surface area contributed by atoms with E-state index in [4.69, 9.17) is 10.00 Å². The molecule has 0 aliphatic heterocycles. The van der Waals surface area contributed by atoms with Crippen molar-refractivity contribution in [2.24, 2.45) is 5.92 Å². The maximum Gasteiger partial charge on any atom is 0.259 e. The Bertz CT molecular complexity index is 1030. The third-order valence-electron chi connectivity index (χ3n) is 4.13. The van der Waals surface area contributed by atoms with Crippen LogP contribution >= 0.6 is 0 Å². The number of halogens is 1. The molecule has 0 radical (unpaired) electrons. The number of rotatable bonds is 7. The molecule has 28 heavy (non-hydrogen) atoms. The number of methoxy groups -OCH3 is 1. The molecule has 0 heterocycles. The number of carbonyl (C=O) groups excluding carboxylic acids is 1. The van der Waals surface area contributed by atoms with E-state index in [9.17, 15) is 17.6 Å². The molecule has 0 bridgehead atoms. The lowest BCUT2D eigenvalue weighted by Crippen LogP contribution is -2.17. The summed E-state index contributed by atoms with van der Waals surface area (Å²) in [5, 5.41) is 11.3. The Hall–Kier alpha value is -2.92. The predicted octanol–water partition coefficient (Wildman–Crippen LogP) is 3.72. The smallest absolute Gasteiger partial charge is 0.259 e. The molecule has 0 spiro atoms. The summed E-state index contributed by atoms with van der Waals surface area (Å²) in [4.78, 5) is 12.6. The summed E-state index contributed by atoms with van der Waals surface area (Å²) >= 11 is 0. The largest absolute Gasteiger partial charge is 0.496 e. The van der Waals surface area contributed by atoms with E-state index in [0.717, 1.165) is 0 Å². The molecule has 8 heteroatoms. The van der Waals surface area contributed by atoms with E-state index in [2.05, 4.69) is 5.32 Å². The van der Waals surface area contributed by atoms with E-state index in [1.165, 1.54) is 43.5 Å². The molecular formula is C20H21FN2O4S. The fourth-order valence-corrected chi connectivity index (χ4v) is 4.30. The van der Waals surface area contributed by atoms with Crippen LogP contribution in [0.1, 0.15) is 29.3 Å². The van der Waals surface area contributed by atoms with Gasteiger partial charge in [0.25, 0.3) is 5.91 Å². The van der Waals surface area contributed by atoms with Crippen LogP contribution in [0, 0.1) is 30.0 Å². The second-order valence-corrected chi connectivity index (χ2v) is 8.56. The van der Waals surface area contributed by atoms with Crippen molar-refractivity contribution in [3.8, 4) is 11.8 Å². The van der Waals surface area contributed by atoms with Crippen LogP contribution in [0.3, 0.4) is 0 Å². The molecule has 2 rings (SSSR count). The number of ether oxygens (including phenoxy) is 1. The van der Waals surface area contributed by atoms with Crippen LogP contribution in [0.2, 0.25) is 0 Å². The van der Waals surface area contributed by atoms with Crippen molar-refractivity contribution < 1.29 is 22.3 Å². The number of amides is 1. The number of aryl methyl sites for hydroxylation is 1. The van der Waals surface area contributed by atoms with Gasteiger partial charge in [-0.1, -0.05) is 6.92 Å². The molecule has 0 aliphatic carbocycles. The number of hydrogen-bond donors (Lipinski definition) is 1. The monoisotopic (exact) mass is 404 g/mol. The Labute approximate surface area is 163 Å². The molecule has 0 aliphatic rings. The van der Waals surface area contributed by atoms with Gasteiger partial charge in [0.2, 0.25) is 0 Å². The highest BCUT2D eigenvalue weighted by atomic mass is 32.2. The van der Waals surface area contributed by atoms with Crippen LogP contribution in [0.15, 0.2) is 41.3 Å². The van der Waals surface area contributed by atoms with Crippen LogP contribution in [0.4, 0.5) is 10.1 Å². The van der Waals surface area contributed by atoms with Crippen molar-refractivity contribution in [3.63, 3.8) is 0 Å². The zero-order chi connectivity index (χ0) is 20.9. The van der Waals surface area contributed by atoms with Gasteiger partial charge in [0.15, 0.2) is 9.84 Å². The quantitative estimate of drug-likeness (QED) is 0.759. The minimum absolute atomic E-state index is 0.0291. The van der Waals surface area contributed by atoms with Crippen LogP contribution in [-0.2, 0) is 9.84 Å². The molecule has 1 N–H and O–H groups in total. The molecule has 1 amide bonds. The van der Waals surface area contributed by atoms with Gasteiger partial charge in [-0.15, -0.1) is 0 Å². The Morgan fingerprint density at radius 2 is 2.00 bits per heavy atom. The third-order valence-corrected chi connectivity index (χ3v) is 6.11. The van der Waals surface area contributed by atoms with Gasteiger partial charge in [0.05, 0.1) is 29.4 Å². The van der Waals surface area contributed by atoms with Crippen molar-refractivity contribution in [1.29, 1.82) is 5.26 Å². The summed E-state index contributed by atoms with van der Waals surface area (Å²) in [6.07, 6.45) is 0.118. The zero-order valence-corrected chi connectivity index (χ0v) is 16.6. The fraction of sp³-hybridized carbons (Fsp3) is 0.300.